The molecule has 3 unspecified atom stereocenters. The molecule has 0 aromatic rings. The van der Waals surface area contributed by atoms with Crippen LogP contribution in [0.2, 0.25) is 0 Å². The average Bonchev–Trinajstić information content (AvgIpc) is 2.75. The van der Waals surface area contributed by atoms with Crippen molar-refractivity contribution < 1.29 is 27.6 Å². The Bertz CT molecular complexity index is 823. The lowest BCUT2D eigenvalue weighted by atomic mass is 9.91. The molecule has 196 valence electrons. The van der Waals surface area contributed by atoms with Crippen LogP contribution in [0.4, 0.5) is 0 Å². The summed E-state index contributed by atoms with van der Waals surface area (Å²) >= 11 is 0. The van der Waals surface area contributed by atoms with Gasteiger partial charge in [0, 0.05) is 13.1 Å². The summed E-state index contributed by atoms with van der Waals surface area (Å²) in [6.07, 6.45) is 1.05. The van der Waals surface area contributed by atoms with Gasteiger partial charge in [-0.3, -0.25) is 14.4 Å². The van der Waals surface area contributed by atoms with Gasteiger partial charge < -0.3 is 26.9 Å². The number of carbonyl (C=O) groups excluding carboxylic acids is 3. The first-order chi connectivity index (χ1) is 16.1. The fraction of sp³-hybridized carbons (Fsp3) is 0.857. The molecule has 2 amide bonds. The summed E-state index contributed by atoms with van der Waals surface area (Å²) in [5, 5.41) is 1.36. The number of sulfonamides is 1. The maximum atomic E-state index is 13.5. The summed E-state index contributed by atoms with van der Waals surface area (Å²) in [5.41, 5.74) is 16.6. The molecule has 0 radical (unpaired) electrons. The first-order valence-corrected chi connectivity index (χ1v) is 13.6. The van der Waals surface area contributed by atoms with E-state index in [4.69, 9.17) is 22.0 Å². The Morgan fingerprint density at radius 3 is 2.29 bits per heavy atom. The standard InChI is InChI=1S/C21H40N6O6S/c1-15(2)12-16-13-25(33-19(28)7-10-24)18-14-26(34(31,32)11-4-3-8-22)21(30)17(6-5-9-23)27(18)20(16)29/h15-18H,3-14,22-24H2,1-2H3. The number of piperazine rings is 1. The molecule has 2 heterocycles. The first-order valence-electron chi connectivity index (χ1n) is 12.0. The maximum Gasteiger partial charge on any atom is 0.326 e. The van der Waals surface area contributed by atoms with Crippen molar-refractivity contribution in [2.75, 3.05) is 38.5 Å². The average molecular weight is 505 g/mol. The molecule has 0 saturated carbocycles. The quantitative estimate of drug-likeness (QED) is 0.261. The Kier molecular flexibility index (Phi) is 10.7. The van der Waals surface area contributed by atoms with Crippen molar-refractivity contribution in [3.05, 3.63) is 0 Å². The van der Waals surface area contributed by atoms with Crippen molar-refractivity contribution in [2.45, 2.75) is 64.6 Å². The molecule has 12 nitrogen and oxygen atoms in total. The van der Waals surface area contributed by atoms with Gasteiger partial charge in [0.25, 0.3) is 5.91 Å². The van der Waals surface area contributed by atoms with Crippen LogP contribution in [0.1, 0.15) is 52.4 Å². The molecule has 2 rings (SSSR count). The van der Waals surface area contributed by atoms with Crippen LogP contribution >= 0.6 is 0 Å². The number of fused-ring (bicyclic) bond motifs is 1. The third-order valence-corrected chi connectivity index (χ3v) is 7.86. The van der Waals surface area contributed by atoms with Crippen LogP contribution in [0.5, 0.6) is 0 Å². The second kappa shape index (κ2) is 12.8. The van der Waals surface area contributed by atoms with Gasteiger partial charge in [0.1, 0.15) is 12.2 Å². The molecule has 0 bridgehead atoms. The third kappa shape index (κ3) is 6.87. The van der Waals surface area contributed by atoms with E-state index in [1.54, 1.807) is 0 Å². The third-order valence-electron chi connectivity index (χ3n) is 6.05. The minimum absolute atomic E-state index is 0.0252. The van der Waals surface area contributed by atoms with E-state index in [0.717, 1.165) is 4.31 Å². The van der Waals surface area contributed by atoms with Crippen molar-refractivity contribution in [1.82, 2.24) is 14.3 Å². The van der Waals surface area contributed by atoms with Gasteiger partial charge in [0.05, 0.1) is 24.6 Å². The second-order valence-electron chi connectivity index (χ2n) is 9.28. The van der Waals surface area contributed by atoms with Crippen LogP contribution in [-0.2, 0) is 29.2 Å². The van der Waals surface area contributed by atoms with Crippen LogP contribution in [-0.4, -0.2) is 91.2 Å². The number of carbonyl (C=O) groups is 3. The number of hydrogen-bond acceptors (Lipinski definition) is 10. The lowest BCUT2D eigenvalue weighted by Crippen LogP contribution is -2.73. The fourth-order valence-corrected chi connectivity index (χ4v) is 6.02. The van der Waals surface area contributed by atoms with E-state index in [1.165, 1.54) is 9.96 Å². The highest BCUT2D eigenvalue weighted by molar-refractivity contribution is 7.89. The number of unbranched alkanes of at least 4 members (excludes halogenated alkanes) is 1. The monoisotopic (exact) mass is 504 g/mol. The number of hydrogen-bond donors (Lipinski definition) is 3. The maximum absolute atomic E-state index is 13.5. The second-order valence-corrected chi connectivity index (χ2v) is 11.3. The predicted molar refractivity (Wildman–Crippen MR) is 126 cm³/mol. The van der Waals surface area contributed by atoms with Crippen LogP contribution < -0.4 is 17.2 Å². The van der Waals surface area contributed by atoms with Gasteiger partial charge in [-0.1, -0.05) is 13.8 Å². The van der Waals surface area contributed by atoms with E-state index in [0.29, 0.717) is 32.2 Å². The Morgan fingerprint density at radius 2 is 1.71 bits per heavy atom. The first kappa shape index (κ1) is 28.4. The zero-order valence-corrected chi connectivity index (χ0v) is 21.0. The number of nitrogens with two attached hydrogens (primary N) is 3. The van der Waals surface area contributed by atoms with E-state index in [9.17, 15) is 22.8 Å². The molecule has 0 aliphatic carbocycles. The van der Waals surface area contributed by atoms with Crippen molar-refractivity contribution in [2.24, 2.45) is 29.0 Å². The summed E-state index contributed by atoms with van der Waals surface area (Å²) in [6, 6.07) is -1.01. The summed E-state index contributed by atoms with van der Waals surface area (Å²) in [5.74, 6) is -2.00. The van der Waals surface area contributed by atoms with Crippen molar-refractivity contribution >= 4 is 27.8 Å². The number of nitrogens with zero attached hydrogens (tertiary/aromatic N) is 3. The Hall–Kier alpha value is -1.80. The highest BCUT2D eigenvalue weighted by atomic mass is 32.2. The van der Waals surface area contributed by atoms with E-state index < -0.39 is 40.0 Å². The number of rotatable bonds is 13. The number of hydroxylamine groups is 2. The minimum Gasteiger partial charge on any atom is -0.366 e. The molecule has 3 atom stereocenters. The Balaban J connectivity index is 2.45. The van der Waals surface area contributed by atoms with E-state index in [1.807, 2.05) is 13.8 Å². The van der Waals surface area contributed by atoms with Gasteiger partial charge >= 0.3 is 5.97 Å². The van der Waals surface area contributed by atoms with Crippen LogP contribution in [0.25, 0.3) is 0 Å². The molecule has 2 aliphatic heterocycles. The normalized spacial score (nSPS) is 24.0. The highest BCUT2D eigenvalue weighted by Gasteiger charge is 2.53. The van der Waals surface area contributed by atoms with Gasteiger partial charge in [0.15, 0.2) is 0 Å². The van der Waals surface area contributed by atoms with Crippen molar-refractivity contribution in [1.29, 1.82) is 0 Å². The van der Waals surface area contributed by atoms with Gasteiger partial charge in [-0.2, -0.15) is 0 Å². The molecule has 0 aromatic heterocycles. The zero-order valence-electron chi connectivity index (χ0n) is 20.2. The summed E-state index contributed by atoms with van der Waals surface area (Å²) in [7, 11) is -3.95. The molecule has 6 N–H and O–H groups in total. The number of amides is 2. The lowest BCUT2D eigenvalue weighted by Gasteiger charge is -2.52. The van der Waals surface area contributed by atoms with Crippen LogP contribution in [0, 0.1) is 11.8 Å². The summed E-state index contributed by atoms with van der Waals surface area (Å²) < 4.78 is 27.0. The minimum atomic E-state index is -3.95. The smallest absolute Gasteiger partial charge is 0.326 e. The molecular formula is C21H40N6O6S. The fourth-order valence-electron chi connectivity index (χ4n) is 4.48. The van der Waals surface area contributed by atoms with Crippen molar-refractivity contribution in [3.8, 4) is 0 Å². The zero-order chi connectivity index (χ0) is 25.5. The predicted octanol–water partition coefficient (Wildman–Crippen LogP) is -1.06. The van der Waals surface area contributed by atoms with Gasteiger partial charge in [-0.25, -0.2) is 12.7 Å². The Morgan fingerprint density at radius 1 is 1.03 bits per heavy atom. The van der Waals surface area contributed by atoms with E-state index in [-0.39, 0.29) is 56.6 Å². The molecule has 34 heavy (non-hydrogen) atoms. The van der Waals surface area contributed by atoms with E-state index >= 15 is 0 Å². The molecular weight excluding hydrogens is 464 g/mol. The van der Waals surface area contributed by atoms with Gasteiger partial charge in [0.2, 0.25) is 15.9 Å². The SMILES string of the molecule is CC(C)CC1CN(OC(=O)CCN)C2CN(S(=O)(=O)CCCCN)C(=O)C(CCCN)N2C1=O. The Labute approximate surface area is 202 Å². The molecule has 2 saturated heterocycles. The molecule has 13 heteroatoms. The van der Waals surface area contributed by atoms with Gasteiger partial charge in [-0.05, 0) is 51.1 Å². The summed E-state index contributed by atoms with van der Waals surface area (Å²) in [4.78, 5) is 46.2. The topological polar surface area (TPSA) is 182 Å². The van der Waals surface area contributed by atoms with Crippen LogP contribution in [0.15, 0.2) is 0 Å². The van der Waals surface area contributed by atoms with Crippen LogP contribution in [0.3, 0.4) is 0 Å². The molecule has 0 aromatic carbocycles. The lowest BCUT2D eigenvalue weighted by molar-refractivity contribution is -0.246. The highest BCUT2D eigenvalue weighted by Crippen LogP contribution is 2.33. The summed E-state index contributed by atoms with van der Waals surface area (Å²) in [6.45, 7) is 4.49. The molecule has 2 fully saturated rings. The van der Waals surface area contributed by atoms with Gasteiger partial charge in [-0.15, -0.1) is 5.06 Å². The molecule has 2 aliphatic rings. The van der Waals surface area contributed by atoms with E-state index in [2.05, 4.69) is 0 Å². The van der Waals surface area contributed by atoms with Crippen molar-refractivity contribution in [3.63, 3.8) is 0 Å². The molecule has 0 spiro atoms. The largest absolute Gasteiger partial charge is 0.366 e.